The highest BCUT2D eigenvalue weighted by Gasteiger charge is 2.53. The van der Waals surface area contributed by atoms with Crippen molar-refractivity contribution in [3.05, 3.63) is 0 Å². The van der Waals surface area contributed by atoms with Crippen molar-refractivity contribution in [3.63, 3.8) is 0 Å². The first-order valence-electron chi connectivity index (χ1n) is 7.54. The average molecular weight is 365 g/mol. The Hall–Kier alpha value is -1.38. The molecule has 0 aromatic heterocycles. The van der Waals surface area contributed by atoms with Crippen LogP contribution in [0.3, 0.4) is 0 Å². The van der Waals surface area contributed by atoms with Gasteiger partial charge in [0.2, 0.25) is 6.29 Å². The van der Waals surface area contributed by atoms with Gasteiger partial charge in [-0.3, -0.25) is 0 Å². The van der Waals surface area contributed by atoms with Crippen LogP contribution in [0, 0.1) is 0 Å². The summed E-state index contributed by atoms with van der Waals surface area (Å²) < 4.78 is 20.9. The van der Waals surface area contributed by atoms with Crippen LogP contribution in [0.1, 0.15) is 0 Å². The van der Waals surface area contributed by atoms with Crippen LogP contribution in [0.25, 0.3) is 0 Å². The number of rotatable bonds is 4. The van der Waals surface area contributed by atoms with Gasteiger partial charge in [0.1, 0.15) is 42.7 Å². The van der Waals surface area contributed by atoms with Gasteiger partial charge in [-0.05, 0) is 0 Å². The van der Waals surface area contributed by atoms with Crippen LogP contribution in [0.15, 0.2) is 4.99 Å². The third kappa shape index (κ3) is 3.22. The molecular weight excluding hydrogens is 346 g/mol. The highest BCUT2D eigenvalue weighted by atomic mass is 16.7. The van der Waals surface area contributed by atoms with E-state index in [0.29, 0.717) is 0 Å². The van der Waals surface area contributed by atoms with Gasteiger partial charge < -0.3 is 49.6 Å². The number of aliphatic hydroxyl groups excluding tert-OH is 5. The average Bonchev–Trinajstić information content (AvgIpc) is 3.04. The summed E-state index contributed by atoms with van der Waals surface area (Å²) in [6.45, 7) is -0.555. The molecule has 12 nitrogen and oxygen atoms in total. The predicted molar refractivity (Wildman–Crippen MR) is 74.3 cm³/mol. The molecule has 0 radical (unpaired) electrons. The Morgan fingerprint density at radius 3 is 2.44 bits per heavy atom. The largest absolute Gasteiger partial charge is 0.479 e. The molecule has 3 aliphatic heterocycles. The summed E-state index contributed by atoms with van der Waals surface area (Å²) in [7, 11) is 0. The fourth-order valence-corrected chi connectivity index (χ4v) is 2.97. The molecule has 12 heteroatoms. The first kappa shape index (κ1) is 18.4. The number of carboxylic acid groups (broad SMARTS) is 1. The van der Waals surface area contributed by atoms with Crippen molar-refractivity contribution in [2.75, 3.05) is 6.61 Å². The van der Waals surface area contributed by atoms with Crippen molar-refractivity contribution in [1.29, 1.82) is 0 Å². The van der Waals surface area contributed by atoms with E-state index in [2.05, 4.69) is 4.99 Å². The minimum atomic E-state index is -1.86. The quantitative estimate of drug-likeness (QED) is 0.283. The number of carbonyl (C=O) groups is 1. The standard InChI is InChI=1S/C13H19NO11/c15-1-3-5(16)9(4-12(23-3)22-2-14-4)24-13-8(19)6(17)7(18)10(25-13)11(20)21/h2-10,12-13,15-19H,1H2,(H,20,21)/t3-,4-,5+,6+,7+,8-,9-,10+,12+,13-/m1/s1. The van der Waals surface area contributed by atoms with Crippen LogP contribution >= 0.6 is 0 Å². The van der Waals surface area contributed by atoms with E-state index in [1.165, 1.54) is 0 Å². The minimum Gasteiger partial charge on any atom is -0.479 e. The van der Waals surface area contributed by atoms with Gasteiger partial charge in [0, 0.05) is 0 Å². The maximum Gasteiger partial charge on any atom is 0.335 e. The van der Waals surface area contributed by atoms with Crippen LogP contribution in [0.2, 0.25) is 0 Å². The Morgan fingerprint density at radius 1 is 1.08 bits per heavy atom. The molecule has 25 heavy (non-hydrogen) atoms. The first-order chi connectivity index (χ1) is 11.8. The van der Waals surface area contributed by atoms with Crippen molar-refractivity contribution in [2.24, 2.45) is 4.99 Å². The summed E-state index contributed by atoms with van der Waals surface area (Å²) in [5.74, 6) is -1.56. The summed E-state index contributed by atoms with van der Waals surface area (Å²) in [6.07, 6.45) is -12.5. The van der Waals surface area contributed by atoms with Crippen LogP contribution in [0.4, 0.5) is 0 Å². The number of hydrogen-bond acceptors (Lipinski definition) is 11. The molecule has 0 spiro atoms. The Balaban J connectivity index is 1.78. The molecule has 0 saturated carbocycles. The summed E-state index contributed by atoms with van der Waals surface area (Å²) in [5.41, 5.74) is 0. The first-order valence-corrected chi connectivity index (χ1v) is 7.54. The van der Waals surface area contributed by atoms with Crippen molar-refractivity contribution in [2.45, 2.75) is 61.3 Å². The number of aliphatic imine (C=N–C) groups is 1. The second kappa shape index (κ2) is 7.09. The van der Waals surface area contributed by atoms with E-state index < -0.39 is 73.9 Å². The molecule has 0 unspecified atom stereocenters. The lowest BCUT2D eigenvalue weighted by Crippen LogP contribution is -2.64. The Kier molecular flexibility index (Phi) is 5.22. The van der Waals surface area contributed by atoms with Gasteiger partial charge in [-0.25, -0.2) is 9.79 Å². The zero-order valence-corrected chi connectivity index (χ0v) is 12.7. The topological polar surface area (TPSA) is 188 Å². The highest BCUT2D eigenvalue weighted by Crippen LogP contribution is 2.32. The SMILES string of the molecule is O=C(O)[C@H]1O[C@@H](O[C@H]2[C@@H](O)[C@@H](CO)O[C@@H]3OC=N[C@@H]32)[C@H](O)[C@@H](O)[C@@H]1O. The minimum absolute atomic E-state index is 0.555. The third-order valence-corrected chi connectivity index (χ3v) is 4.35. The zero-order chi connectivity index (χ0) is 18.3. The van der Waals surface area contributed by atoms with Gasteiger partial charge >= 0.3 is 5.97 Å². The molecule has 0 bridgehead atoms. The zero-order valence-electron chi connectivity index (χ0n) is 12.7. The number of aliphatic carboxylic acids is 1. The molecule has 3 aliphatic rings. The van der Waals surface area contributed by atoms with E-state index in [1.54, 1.807) is 0 Å². The van der Waals surface area contributed by atoms with Gasteiger partial charge in [-0.2, -0.15) is 0 Å². The summed E-state index contributed by atoms with van der Waals surface area (Å²) >= 11 is 0. The summed E-state index contributed by atoms with van der Waals surface area (Å²) in [5, 5.41) is 58.1. The van der Waals surface area contributed by atoms with E-state index in [1.807, 2.05) is 0 Å². The Labute approximate surface area is 140 Å². The van der Waals surface area contributed by atoms with E-state index in [9.17, 15) is 30.3 Å². The van der Waals surface area contributed by atoms with Crippen LogP contribution < -0.4 is 0 Å². The second-order valence-corrected chi connectivity index (χ2v) is 5.93. The molecule has 2 saturated heterocycles. The molecule has 3 rings (SSSR count). The molecule has 142 valence electrons. The van der Waals surface area contributed by atoms with Crippen LogP contribution in [-0.2, 0) is 23.7 Å². The van der Waals surface area contributed by atoms with Crippen LogP contribution in [-0.4, -0.2) is 111 Å². The van der Waals surface area contributed by atoms with Gasteiger partial charge in [-0.1, -0.05) is 0 Å². The van der Waals surface area contributed by atoms with E-state index >= 15 is 0 Å². The molecule has 3 heterocycles. The molecule has 2 fully saturated rings. The Morgan fingerprint density at radius 2 is 1.80 bits per heavy atom. The van der Waals surface area contributed by atoms with Crippen molar-refractivity contribution < 1.29 is 54.4 Å². The number of hydrogen-bond donors (Lipinski definition) is 6. The molecular formula is C13H19NO11. The van der Waals surface area contributed by atoms with Gasteiger partial charge in [-0.15, -0.1) is 0 Å². The van der Waals surface area contributed by atoms with E-state index in [-0.39, 0.29) is 0 Å². The molecule has 0 aromatic carbocycles. The second-order valence-electron chi connectivity index (χ2n) is 5.93. The maximum atomic E-state index is 11.1. The predicted octanol–water partition coefficient (Wildman–Crippen LogP) is -4.23. The van der Waals surface area contributed by atoms with Gasteiger partial charge in [0.25, 0.3) is 0 Å². The fraction of sp³-hybridized carbons (Fsp3) is 0.846. The normalized spacial score (nSPS) is 49.5. The monoisotopic (exact) mass is 365 g/mol. The molecule has 6 N–H and O–H groups in total. The fourth-order valence-electron chi connectivity index (χ4n) is 2.97. The van der Waals surface area contributed by atoms with Crippen molar-refractivity contribution in [1.82, 2.24) is 0 Å². The number of ether oxygens (including phenoxy) is 4. The van der Waals surface area contributed by atoms with Crippen molar-refractivity contribution in [3.8, 4) is 0 Å². The molecule has 0 aromatic rings. The number of fused-ring (bicyclic) bond motifs is 1. The van der Waals surface area contributed by atoms with E-state index in [0.717, 1.165) is 6.40 Å². The van der Waals surface area contributed by atoms with E-state index in [4.69, 9.17) is 24.1 Å². The van der Waals surface area contributed by atoms with Crippen molar-refractivity contribution >= 4 is 12.4 Å². The number of aliphatic hydroxyl groups is 5. The van der Waals surface area contributed by atoms with Crippen LogP contribution in [0.5, 0.6) is 0 Å². The lowest BCUT2D eigenvalue weighted by molar-refractivity contribution is -0.331. The maximum absolute atomic E-state index is 11.1. The highest BCUT2D eigenvalue weighted by molar-refractivity contribution is 5.73. The molecule has 0 amide bonds. The third-order valence-electron chi connectivity index (χ3n) is 4.35. The lowest BCUT2D eigenvalue weighted by atomic mass is 9.96. The Bertz CT molecular complexity index is 530. The van der Waals surface area contributed by atoms with Gasteiger partial charge in [0.15, 0.2) is 18.8 Å². The molecule has 0 aliphatic carbocycles. The molecule has 10 atom stereocenters. The summed E-state index contributed by atoms with van der Waals surface area (Å²) in [4.78, 5) is 15.1. The van der Waals surface area contributed by atoms with Gasteiger partial charge in [0.05, 0.1) is 6.61 Å². The number of carboxylic acids is 1. The lowest BCUT2D eigenvalue weighted by Gasteiger charge is -2.44. The smallest absolute Gasteiger partial charge is 0.335 e. The summed E-state index contributed by atoms with van der Waals surface area (Å²) in [6, 6.07) is -0.860. The number of nitrogens with zero attached hydrogens (tertiary/aromatic N) is 1.